The van der Waals surface area contributed by atoms with E-state index in [0.29, 0.717) is 39.1 Å². The number of aromatic nitrogens is 2. The van der Waals surface area contributed by atoms with Gasteiger partial charge in [-0.05, 0) is 55.5 Å². The van der Waals surface area contributed by atoms with Gasteiger partial charge >= 0.3 is 0 Å². The summed E-state index contributed by atoms with van der Waals surface area (Å²) in [5.74, 6) is 0.651. The van der Waals surface area contributed by atoms with E-state index in [1.54, 1.807) is 67.0 Å². The van der Waals surface area contributed by atoms with Crippen molar-refractivity contribution in [3.05, 3.63) is 100 Å². The van der Waals surface area contributed by atoms with E-state index < -0.39 is 0 Å². The number of nitrogens with zero attached hydrogens (tertiary/aromatic N) is 2. The first-order valence-corrected chi connectivity index (χ1v) is 10.9. The van der Waals surface area contributed by atoms with Gasteiger partial charge in [-0.2, -0.15) is 0 Å². The van der Waals surface area contributed by atoms with E-state index in [2.05, 4.69) is 20.6 Å². The Balaban J connectivity index is 1.34. The Kier molecular flexibility index (Phi) is 5.69. The number of furan rings is 1. The van der Waals surface area contributed by atoms with Crippen LogP contribution in [-0.4, -0.2) is 21.8 Å². The number of hydrogen-bond acceptors (Lipinski definition) is 5. The van der Waals surface area contributed by atoms with Gasteiger partial charge in [0.15, 0.2) is 0 Å². The standard InChI is InChI=1S/C26H19ClN4O3/c1-15-12-29-19(13-28-15)14-30-25(32)17-4-2-3-16(9-17)24-8-6-20(34-24)11-22-21-10-18(27)5-7-23(21)31-26(22)33/h2-13H,14H2,1H3,(H,30,32)(H,31,33). The molecule has 2 aromatic heterocycles. The monoisotopic (exact) mass is 470 g/mol. The third kappa shape index (κ3) is 4.46. The van der Waals surface area contributed by atoms with Gasteiger partial charge in [-0.25, -0.2) is 0 Å². The summed E-state index contributed by atoms with van der Waals surface area (Å²) in [5, 5.41) is 6.22. The van der Waals surface area contributed by atoms with Gasteiger partial charge in [0, 0.05) is 33.6 Å². The van der Waals surface area contributed by atoms with Gasteiger partial charge in [0.25, 0.3) is 11.8 Å². The van der Waals surface area contributed by atoms with Crippen LogP contribution in [0.5, 0.6) is 0 Å². The highest BCUT2D eigenvalue weighted by molar-refractivity contribution is 6.36. The molecule has 0 aliphatic carbocycles. The van der Waals surface area contributed by atoms with E-state index in [-0.39, 0.29) is 18.4 Å². The Labute approximate surface area is 200 Å². The summed E-state index contributed by atoms with van der Waals surface area (Å²) in [6.07, 6.45) is 4.98. The zero-order chi connectivity index (χ0) is 23.7. The van der Waals surface area contributed by atoms with Crippen molar-refractivity contribution < 1.29 is 14.0 Å². The number of halogens is 1. The van der Waals surface area contributed by atoms with Gasteiger partial charge < -0.3 is 15.1 Å². The van der Waals surface area contributed by atoms with Gasteiger partial charge in [-0.3, -0.25) is 19.6 Å². The van der Waals surface area contributed by atoms with Gasteiger partial charge in [-0.1, -0.05) is 23.7 Å². The summed E-state index contributed by atoms with van der Waals surface area (Å²) >= 11 is 6.10. The highest BCUT2D eigenvalue weighted by atomic mass is 35.5. The Bertz CT molecular complexity index is 1440. The Morgan fingerprint density at radius 3 is 2.82 bits per heavy atom. The molecular formula is C26H19ClN4O3. The Morgan fingerprint density at radius 1 is 1.12 bits per heavy atom. The lowest BCUT2D eigenvalue weighted by molar-refractivity contribution is -0.110. The zero-order valence-corrected chi connectivity index (χ0v) is 18.9. The van der Waals surface area contributed by atoms with Gasteiger partial charge in [-0.15, -0.1) is 0 Å². The molecule has 0 bridgehead atoms. The molecule has 4 aromatic rings. The van der Waals surface area contributed by atoms with Gasteiger partial charge in [0.2, 0.25) is 0 Å². The Morgan fingerprint density at radius 2 is 2.00 bits per heavy atom. The number of benzene rings is 2. The smallest absolute Gasteiger partial charge is 0.256 e. The minimum Gasteiger partial charge on any atom is -0.457 e. The van der Waals surface area contributed by atoms with E-state index >= 15 is 0 Å². The molecule has 0 unspecified atom stereocenters. The largest absolute Gasteiger partial charge is 0.457 e. The van der Waals surface area contributed by atoms with Gasteiger partial charge in [0.1, 0.15) is 11.5 Å². The molecule has 8 heteroatoms. The summed E-state index contributed by atoms with van der Waals surface area (Å²) in [4.78, 5) is 33.5. The van der Waals surface area contributed by atoms with Crippen LogP contribution in [0, 0.1) is 6.92 Å². The van der Waals surface area contributed by atoms with Crippen LogP contribution < -0.4 is 10.6 Å². The number of rotatable bonds is 5. The first-order chi connectivity index (χ1) is 16.5. The molecule has 2 aromatic carbocycles. The zero-order valence-electron chi connectivity index (χ0n) is 18.1. The third-order valence-corrected chi connectivity index (χ3v) is 5.59. The second-order valence-corrected chi connectivity index (χ2v) is 8.25. The number of fused-ring (bicyclic) bond motifs is 1. The maximum absolute atomic E-state index is 12.6. The van der Waals surface area contributed by atoms with Crippen LogP contribution >= 0.6 is 11.6 Å². The van der Waals surface area contributed by atoms with Crippen LogP contribution in [0.3, 0.4) is 0 Å². The predicted molar refractivity (Wildman–Crippen MR) is 130 cm³/mol. The third-order valence-electron chi connectivity index (χ3n) is 5.35. The lowest BCUT2D eigenvalue weighted by Gasteiger charge is -2.06. The summed E-state index contributed by atoms with van der Waals surface area (Å²) in [5.41, 5.74) is 4.65. The molecule has 0 atom stereocenters. The normalized spacial score (nSPS) is 13.6. The lowest BCUT2D eigenvalue weighted by atomic mass is 10.1. The molecule has 0 saturated carbocycles. The van der Waals surface area contributed by atoms with Crippen molar-refractivity contribution in [1.82, 2.24) is 15.3 Å². The summed E-state index contributed by atoms with van der Waals surface area (Å²) in [6.45, 7) is 2.14. The molecule has 168 valence electrons. The number of carbonyl (C=O) groups excluding carboxylic acids is 2. The van der Waals surface area contributed by atoms with Crippen LogP contribution in [0.1, 0.15) is 33.1 Å². The summed E-state index contributed by atoms with van der Waals surface area (Å²) in [6, 6.07) is 16.0. The van der Waals surface area contributed by atoms with E-state index in [1.165, 1.54) is 0 Å². The van der Waals surface area contributed by atoms with Crippen molar-refractivity contribution in [3.8, 4) is 11.3 Å². The quantitative estimate of drug-likeness (QED) is 0.394. The van der Waals surface area contributed by atoms with E-state index in [9.17, 15) is 9.59 Å². The molecular weight excluding hydrogens is 452 g/mol. The molecule has 3 heterocycles. The molecule has 0 saturated heterocycles. The number of nitrogens with one attached hydrogen (secondary N) is 2. The molecule has 0 spiro atoms. The predicted octanol–water partition coefficient (Wildman–Crippen LogP) is 5.12. The summed E-state index contributed by atoms with van der Waals surface area (Å²) in [7, 11) is 0. The fourth-order valence-electron chi connectivity index (χ4n) is 3.63. The van der Waals surface area contributed by atoms with Crippen molar-refractivity contribution >= 4 is 40.8 Å². The second-order valence-electron chi connectivity index (χ2n) is 7.82. The van der Waals surface area contributed by atoms with E-state index in [4.69, 9.17) is 16.0 Å². The minimum absolute atomic E-state index is 0.216. The maximum Gasteiger partial charge on any atom is 0.256 e. The molecule has 0 radical (unpaired) electrons. The molecule has 2 amide bonds. The molecule has 34 heavy (non-hydrogen) atoms. The highest BCUT2D eigenvalue weighted by Crippen LogP contribution is 2.35. The molecule has 0 fully saturated rings. The van der Waals surface area contributed by atoms with Crippen molar-refractivity contribution in [2.24, 2.45) is 0 Å². The fourth-order valence-corrected chi connectivity index (χ4v) is 3.80. The lowest BCUT2D eigenvalue weighted by Crippen LogP contribution is -2.23. The molecule has 7 nitrogen and oxygen atoms in total. The average molecular weight is 471 g/mol. The van der Waals surface area contributed by atoms with Crippen LogP contribution in [-0.2, 0) is 11.3 Å². The van der Waals surface area contributed by atoms with Crippen LogP contribution in [0.2, 0.25) is 5.02 Å². The van der Waals surface area contributed by atoms with Gasteiger partial charge in [0.05, 0.1) is 29.7 Å². The topological polar surface area (TPSA) is 97.1 Å². The number of carbonyl (C=O) groups is 2. The second kappa shape index (κ2) is 8.96. The Hall–Kier alpha value is -4.23. The number of hydrogen-bond donors (Lipinski definition) is 2. The fraction of sp³-hybridized carbons (Fsp3) is 0.0769. The SMILES string of the molecule is Cc1cnc(CNC(=O)c2cccc(-c3ccc(C=C4C(=O)Nc5ccc(Cl)cc54)o3)c2)cn1. The highest BCUT2D eigenvalue weighted by Gasteiger charge is 2.24. The first-order valence-electron chi connectivity index (χ1n) is 10.6. The molecule has 5 rings (SSSR count). The first kappa shape index (κ1) is 21.6. The van der Waals surface area contributed by atoms with Crippen LogP contribution in [0.4, 0.5) is 5.69 Å². The summed E-state index contributed by atoms with van der Waals surface area (Å²) < 4.78 is 5.96. The van der Waals surface area contributed by atoms with Crippen LogP contribution in [0.15, 0.2) is 71.4 Å². The van der Waals surface area contributed by atoms with Crippen molar-refractivity contribution in [1.29, 1.82) is 0 Å². The molecule has 1 aliphatic rings. The average Bonchev–Trinajstić information content (AvgIpc) is 3.43. The number of anilines is 1. The number of aryl methyl sites for hydroxylation is 1. The maximum atomic E-state index is 12.6. The van der Waals surface area contributed by atoms with Crippen molar-refractivity contribution in [2.75, 3.05) is 5.32 Å². The van der Waals surface area contributed by atoms with Crippen LogP contribution in [0.25, 0.3) is 23.0 Å². The minimum atomic E-state index is -0.228. The number of amides is 2. The van der Waals surface area contributed by atoms with E-state index in [1.807, 2.05) is 13.0 Å². The molecule has 1 aliphatic heterocycles. The van der Waals surface area contributed by atoms with E-state index in [0.717, 1.165) is 16.8 Å². The van der Waals surface area contributed by atoms with Crippen molar-refractivity contribution in [2.45, 2.75) is 13.5 Å². The van der Waals surface area contributed by atoms with Crippen molar-refractivity contribution in [3.63, 3.8) is 0 Å². The molecule has 2 N–H and O–H groups in total.